The molecule has 0 saturated carbocycles. The van der Waals surface area contributed by atoms with Gasteiger partial charge in [-0.25, -0.2) is 0 Å². The van der Waals surface area contributed by atoms with Crippen LogP contribution in [0.25, 0.3) is 10.8 Å². The summed E-state index contributed by atoms with van der Waals surface area (Å²) in [6.07, 6.45) is 0. The highest BCUT2D eigenvalue weighted by Crippen LogP contribution is 2.34. The van der Waals surface area contributed by atoms with Crippen molar-refractivity contribution >= 4 is 28.3 Å². The Bertz CT molecular complexity index is 933. The van der Waals surface area contributed by atoms with Crippen molar-refractivity contribution in [3.63, 3.8) is 0 Å². The second-order valence-electron chi connectivity index (χ2n) is 5.50. The van der Waals surface area contributed by atoms with Gasteiger partial charge in [-0.3, -0.25) is 9.59 Å². The lowest BCUT2D eigenvalue weighted by molar-refractivity contribution is 0.0950. The average Bonchev–Trinajstić information content (AvgIpc) is 2.93. The van der Waals surface area contributed by atoms with E-state index in [1.54, 1.807) is 12.1 Å². The third-order valence-electron chi connectivity index (χ3n) is 4.10. The Kier molecular flexibility index (Phi) is 3.08. The third kappa shape index (κ3) is 2.25. The standard InChI is InChI=1S/C19H14N2O2/c22-18(12-5-2-1-3-6-12)20-11-13-9-10-16-17-14(13)7-4-8-15(17)19(23)21-16/h1-10H,11H2,(H,20,22)(H,21,23). The van der Waals surface area contributed by atoms with Gasteiger partial charge in [0.05, 0.1) is 0 Å². The molecule has 0 spiro atoms. The highest BCUT2D eigenvalue weighted by atomic mass is 16.2. The van der Waals surface area contributed by atoms with Crippen molar-refractivity contribution in [2.45, 2.75) is 6.54 Å². The van der Waals surface area contributed by atoms with E-state index in [2.05, 4.69) is 10.6 Å². The molecule has 112 valence electrons. The molecular weight excluding hydrogens is 288 g/mol. The van der Waals surface area contributed by atoms with Gasteiger partial charge in [0.25, 0.3) is 11.8 Å². The van der Waals surface area contributed by atoms with Crippen molar-refractivity contribution in [1.29, 1.82) is 0 Å². The zero-order chi connectivity index (χ0) is 15.8. The van der Waals surface area contributed by atoms with Gasteiger partial charge < -0.3 is 10.6 Å². The van der Waals surface area contributed by atoms with Crippen LogP contribution in [-0.2, 0) is 6.54 Å². The molecule has 3 aromatic carbocycles. The molecule has 0 bridgehead atoms. The molecule has 23 heavy (non-hydrogen) atoms. The molecule has 0 saturated heterocycles. The quantitative estimate of drug-likeness (QED) is 0.779. The summed E-state index contributed by atoms with van der Waals surface area (Å²) < 4.78 is 0. The first kappa shape index (κ1) is 13.5. The van der Waals surface area contributed by atoms with E-state index in [0.717, 1.165) is 22.0 Å². The van der Waals surface area contributed by atoms with E-state index in [1.165, 1.54) is 0 Å². The summed E-state index contributed by atoms with van der Waals surface area (Å²) in [5.74, 6) is -0.181. The van der Waals surface area contributed by atoms with Crippen LogP contribution in [0.15, 0.2) is 60.7 Å². The Hall–Kier alpha value is -3.14. The second kappa shape index (κ2) is 5.25. The molecule has 0 radical (unpaired) electrons. The summed E-state index contributed by atoms with van der Waals surface area (Å²) in [7, 11) is 0. The molecule has 3 aromatic rings. The van der Waals surface area contributed by atoms with Crippen molar-refractivity contribution < 1.29 is 9.59 Å². The Morgan fingerprint density at radius 1 is 0.957 bits per heavy atom. The number of anilines is 1. The van der Waals surface area contributed by atoms with E-state index in [1.807, 2.05) is 48.5 Å². The lowest BCUT2D eigenvalue weighted by atomic mass is 10.0. The van der Waals surface area contributed by atoms with Crippen LogP contribution in [0.1, 0.15) is 26.3 Å². The predicted molar refractivity (Wildman–Crippen MR) is 89.5 cm³/mol. The van der Waals surface area contributed by atoms with Crippen molar-refractivity contribution in [3.05, 3.63) is 77.4 Å². The number of carbonyl (C=O) groups excluding carboxylic acids is 2. The minimum Gasteiger partial charge on any atom is -0.348 e. The maximum atomic E-state index is 12.2. The van der Waals surface area contributed by atoms with Crippen LogP contribution in [0, 0.1) is 0 Å². The highest BCUT2D eigenvalue weighted by Gasteiger charge is 2.22. The van der Waals surface area contributed by atoms with E-state index in [-0.39, 0.29) is 11.8 Å². The summed E-state index contributed by atoms with van der Waals surface area (Å²) >= 11 is 0. The van der Waals surface area contributed by atoms with Gasteiger partial charge >= 0.3 is 0 Å². The fourth-order valence-corrected chi connectivity index (χ4v) is 2.97. The number of benzene rings is 3. The van der Waals surface area contributed by atoms with Gasteiger partial charge in [0.1, 0.15) is 0 Å². The Morgan fingerprint density at radius 2 is 1.78 bits per heavy atom. The summed E-state index contributed by atoms with van der Waals surface area (Å²) in [6, 6.07) is 18.6. The van der Waals surface area contributed by atoms with E-state index < -0.39 is 0 Å². The molecule has 0 aliphatic carbocycles. The Labute approximate surface area is 133 Å². The lowest BCUT2D eigenvalue weighted by Crippen LogP contribution is -2.22. The number of amides is 2. The molecule has 0 atom stereocenters. The number of carbonyl (C=O) groups is 2. The van der Waals surface area contributed by atoms with Crippen LogP contribution in [0.2, 0.25) is 0 Å². The van der Waals surface area contributed by atoms with Crippen molar-refractivity contribution in [2.24, 2.45) is 0 Å². The van der Waals surface area contributed by atoms with E-state index in [4.69, 9.17) is 0 Å². The van der Waals surface area contributed by atoms with Gasteiger partial charge in [-0.2, -0.15) is 0 Å². The molecule has 0 fully saturated rings. The van der Waals surface area contributed by atoms with Gasteiger partial charge in [0.15, 0.2) is 0 Å². The first-order chi connectivity index (χ1) is 11.2. The van der Waals surface area contributed by atoms with Crippen LogP contribution in [-0.4, -0.2) is 11.8 Å². The van der Waals surface area contributed by atoms with Crippen molar-refractivity contribution in [1.82, 2.24) is 5.32 Å². The molecule has 0 unspecified atom stereocenters. The maximum Gasteiger partial charge on any atom is 0.256 e. The zero-order valence-corrected chi connectivity index (χ0v) is 12.3. The Balaban J connectivity index is 1.65. The largest absolute Gasteiger partial charge is 0.348 e. The minimum atomic E-state index is -0.108. The fourth-order valence-electron chi connectivity index (χ4n) is 2.97. The highest BCUT2D eigenvalue weighted by molar-refractivity contribution is 6.24. The van der Waals surface area contributed by atoms with Gasteiger partial charge in [-0.05, 0) is 35.2 Å². The molecule has 4 nitrogen and oxygen atoms in total. The molecule has 1 heterocycles. The number of nitrogens with one attached hydrogen (secondary N) is 2. The monoisotopic (exact) mass is 302 g/mol. The zero-order valence-electron chi connectivity index (χ0n) is 12.3. The summed E-state index contributed by atoms with van der Waals surface area (Å²) in [5.41, 5.74) is 3.15. The summed E-state index contributed by atoms with van der Waals surface area (Å²) in [6.45, 7) is 0.419. The van der Waals surface area contributed by atoms with Gasteiger partial charge in [-0.15, -0.1) is 0 Å². The smallest absolute Gasteiger partial charge is 0.256 e. The number of hydrogen-bond acceptors (Lipinski definition) is 2. The van der Waals surface area contributed by atoms with Crippen LogP contribution in [0.3, 0.4) is 0 Å². The van der Waals surface area contributed by atoms with Crippen LogP contribution in [0.4, 0.5) is 5.69 Å². The Morgan fingerprint density at radius 3 is 2.61 bits per heavy atom. The average molecular weight is 302 g/mol. The number of rotatable bonds is 3. The van der Waals surface area contributed by atoms with E-state index in [9.17, 15) is 9.59 Å². The van der Waals surface area contributed by atoms with Crippen LogP contribution >= 0.6 is 0 Å². The van der Waals surface area contributed by atoms with Gasteiger partial charge in [0.2, 0.25) is 0 Å². The topological polar surface area (TPSA) is 58.2 Å². The van der Waals surface area contributed by atoms with E-state index >= 15 is 0 Å². The van der Waals surface area contributed by atoms with Gasteiger partial charge in [0, 0.05) is 28.7 Å². The minimum absolute atomic E-state index is 0.0731. The second-order valence-corrected chi connectivity index (χ2v) is 5.50. The molecular formula is C19H14N2O2. The summed E-state index contributed by atoms with van der Waals surface area (Å²) in [5, 5.41) is 7.72. The normalized spacial score (nSPS) is 12.3. The molecule has 0 aromatic heterocycles. The molecule has 4 heteroatoms. The predicted octanol–water partition coefficient (Wildman–Crippen LogP) is 3.34. The van der Waals surface area contributed by atoms with E-state index in [0.29, 0.717) is 17.7 Å². The van der Waals surface area contributed by atoms with Gasteiger partial charge in [-0.1, -0.05) is 36.4 Å². The molecule has 2 N–H and O–H groups in total. The van der Waals surface area contributed by atoms with Crippen molar-refractivity contribution in [2.75, 3.05) is 5.32 Å². The first-order valence-corrected chi connectivity index (χ1v) is 7.43. The third-order valence-corrected chi connectivity index (χ3v) is 4.10. The lowest BCUT2D eigenvalue weighted by Gasteiger charge is -2.09. The number of hydrogen-bond donors (Lipinski definition) is 2. The fraction of sp³-hybridized carbons (Fsp3) is 0.0526. The SMILES string of the molecule is O=C(NCc1ccc2c3c(cccc13)C(=O)N2)c1ccccc1. The van der Waals surface area contributed by atoms with Crippen LogP contribution < -0.4 is 10.6 Å². The molecule has 4 rings (SSSR count). The van der Waals surface area contributed by atoms with Crippen LogP contribution in [0.5, 0.6) is 0 Å². The molecule has 1 aliphatic rings. The molecule has 2 amide bonds. The summed E-state index contributed by atoms with van der Waals surface area (Å²) in [4.78, 5) is 24.1. The van der Waals surface area contributed by atoms with Crippen molar-refractivity contribution in [3.8, 4) is 0 Å². The molecule has 1 aliphatic heterocycles. The maximum absolute atomic E-state index is 12.2. The first-order valence-electron chi connectivity index (χ1n) is 7.43.